The first-order chi connectivity index (χ1) is 11.7. The van der Waals surface area contributed by atoms with Crippen LogP contribution < -0.4 is 9.47 Å². The summed E-state index contributed by atoms with van der Waals surface area (Å²) in [4.78, 5) is 4.79. The molecule has 0 amide bonds. The van der Waals surface area contributed by atoms with E-state index in [-0.39, 0.29) is 0 Å². The normalized spacial score (nSPS) is 11.1. The third-order valence-corrected chi connectivity index (χ3v) is 4.24. The average Bonchev–Trinajstić information content (AvgIpc) is 3.01. The molecule has 2 aromatic carbocycles. The van der Waals surface area contributed by atoms with Gasteiger partial charge in [0, 0.05) is 27.4 Å². The second-order valence-electron chi connectivity index (χ2n) is 5.63. The number of aromatic nitrogens is 3. The van der Waals surface area contributed by atoms with Gasteiger partial charge in [0.1, 0.15) is 0 Å². The molecule has 4 aromatic rings. The number of methoxy groups -OCH3 is 2. The highest BCUT2D eigenvalue weighted by atomic mass is 16.5. The monoisotopic (exact) mass is 319 g/mol. The Balaban J connectivity index is 2.18. The lowest BCUT2D eigenvalue weighted by atomic mass is 10.0. The van der Waals surface area contributed by atoms with Crippen molar-refractivity contribution in [3.8, 4) is 22.8 Å². The van der Waals surface area contributed by atoms with Crippen LogP contribution in [-0.2, 0) is 0 Å². The second kappa shape index (κ2) is 5.53. The van der Waals surface area contributed by atoms with Crippen molar-refractivity contribution in [3.05, 3.63) is 48.2 Å². The Morgan fingerprint density at radius 1 is 0.917 bits per heavy atom. The molecule has 0 aliphatic carbocycles. The lowest BCUT2D eigenvalue weighted by molar-refractivity contribution is 0.356. The van der Waals surface area contributed by atoms with Crippen molar-refractivity contribution in [1.29, 1.82) is 0 Å². The molecule has 0 fully saturated rings. The first-order valence-electron chi connectivity index (χ1n) is 7.68. The fraction of sp³-hybridized carbons (Fsp3) is 0.158. The van der Waals surface area contributed by atoms with E-state index in [1.165, 1.54) is 0 Å². The summed E-state index contributed by atoms with van der Waals surface area (Å²) < 4.78 is 11.0. The molecule has 0 aliphatic heterocycles. The van der Waals surface area contributed by atoms with Gasteiger partial charge in [-0.1, -0.05) is 30.3 Å². The molecule has 5 heteroatoms. The van der Waals surface area contributed by atoms with Gasteiger partial charge < -0.3 is 9.47 Å². The third-order valence-electron chi connectivity index (χ3n) is 4.24. The molecule has 1 N–H and O–H groups in total. The summed E-state index contributed by atoms with van der Waals surface area (Å²) in [7, 11) is 3.28. The van der Waals surface area contributed by atoms with E-state index in [1.54, 1.807) is 14.2 Å². The number of hydrogen-bond donors (Lipinski definition) is 1. The molecule has 0 unspecified atom stereocenters. The molecule has 0 bridgehead atoms. The zero-order valence-electron chi connectivity index (χ0n) is 13.8. The molecular weight excluding hydrogens is 302 g/mol. The van der Waals surface area contributed by atoms with Crippen LogP contribution in [0.1, 0.15) is 5.69 Å². The van der Waals surface area contributed by atoms with Gasteiger partial charge >= 0.3 is 0 Å². The van der Waals surface area contributed by atoms with Gasteiger partial charge in [-0.3, -0.25) is 5.10 Å². The van der Waals surface area contributed by atoms with E-state index in [0.717, 1.165) is 33.1 Å². The van der Waals surface area contributed by atoms with Gasteiger partial charge in [0.05, 0.1) is 19.9 Å². The number of hydrogen-bond acceptors (Lipinski definition) is 4. The highest BCUT2D eigenvalue weighted by Crippen LogP contribution is 2.39. The number of fused-ring (bicyclic) bond motifs is 3. The van der Waals surface area contributed by atoms with Crippen molar-refractivity contribution >= 4 is 21.8 Å². The van der Waals surface area contributed by atoms with Gasteiger partial charge in [-0.05, 0) is 19.1 Å². The second-order valence-corrected chi connectivity index (χ2v) is 5.63. The van der Waals surface area contributed by atoms with E-state index in [2.05, 4.69) is 10.2 Å². The summed E-state index contributed by atoms with van der Waals surface area (Å²) in [6.45, 7) is 2.00. The Labute approximate surface area is 139 Å². The molecule has 24 heavy (non-hydrogen) atoms. The number of H-pyrrole nitrogens is 1. The quantitative estimate of drug-likeness (QED) is 0.617. The van der Waals surface area contributed by atoms with Crippen molar-refractivity contribution in [2.45, 2.75) is 6.92 Å². The topological polar surface area (TPSA) is 60.0 Å². The van der Waals surface area contributed by atoms with Crippen molar-refractivity contribution in [2.24, 2.45) is 0 Å². The fourth-order valence-corrected chi connectivity index (χ4v) is 3.08. The molecule has 2 aromatic heterocycles. The zero-order chi connectivity index (χ0) is 16.7. The smallest absolute Gasteiger partial charge is 0.182 e. The molecule has 0 spiro atoms. The highest BCUT2D eigenvalue weighted by molar-refractivity contribution is 6.12. The predicted octanol–water partition coefficient (Wildman–Crippen LogP) is 4.10. The molecule has 0 atom stereocenters. The van der Waals surface area contributed by atoms with Gasteiger partial charge in [-0.2, -0.15) is 5.10 Å². The number of pyridine rings is 1. The van der Waals surface area contributed by atoms with Gasteiger partial charge in [0.15, 0.2) is 17.1 Å². The van der Waals surface area contributed by atoms with E-state index in [9.17, 15) is 0 Å². The number of benzene rings is 2. The first kappa shape index (κ1) is 14.5. The minimum atomic E-state index is 0.685. The average molecular weight is 319 g/mol. The minimum Gasteiger partial charge on any atom is -0.493 e. The Kier molecular flexibility index (Phi) is 3.34. The molecule has 0 radical (unpaired) electrons. The summed E-state index contributed by atoms with van der Waals surface area (Å²) in [5.74, 6) is 1.38. The summed E-state index contributed by atoms with van der Waals surface area (Å²) >= 11 is 0. The summed E-state index contributed by atoms with van der Waals surface area (Å²) in [6.07, 6.45) is 0. The van der Waals surface area contributed by atoms with Gasteiger partial charge in [0.25, 0.3) is 0 Å². The first-order valence-corrected chi connectivity index (χ1v) is 7.68. The van der Waals surface area contributed by atoms with Crippen LogP contribution in [0, 0.1) is 6.92 Å². The lowest BCUT2D eigenvalue weighted by Crippen LogP contribution is -1.94. The van der Waals surface area contributed by atoms with E-state index < -0.39 is 0 Å². The SMILES string of the molecule is COc1cc2c(-c3ccccc3)nc3n[nH]c(C)c3c2cc1OC. The largest absolute Gasteiger partial charge is 0.493 e. The van der Waals surface area contributed by atoms with Crippen LogP contribution in [0.2, 0.25) is 0 Å². The van der Waals surface area contributed by atoms with E-state index in [1.807, 2.05) is 49.4 Å². The van der Waals surface area contributed by atoms with Crippen LogP contribution >= 0.6 is 0 Å². The molecule has 5 nitrogen and oxygen atoms in total. The summed E-state index contributed by atoms with van der Waals surface area (Å²) in [6, 6.07) is 14.1. The molecular formula is C19H17N3O2. The molecule has 0 saturated carbocycles. The fourth-order valence-electron chi connectivity index (χ4n) is 3.08. The lowest BCUT2D eigenvalue weighted by Gasteiger charge is -2.12. The van der Waals surface area contributed by atoms with Crippen LogP contribution in [0.25, 0.3) is 33.1 Å². The van der Waals surface area contributed by atoms with E-state index in [4.69, 9.17) is 14.5 Å². The van der Waals surface area contributed by atoms with E-state index in [0.29, 0.717) is 17.1 Å². The summed E-state index contributed by atoms with van der Waals surface area (Å²) in [5, 5.41) is 10.4. The Morgan fingerprint density at radius 2 is 1.58 bits per heavy atom. The number of nitrogens with zero attached hydrogens (tertiary/aromatic N) is 2. The van der Waals surface area contributed by atoms with Crippen LogP contribution in [-0.4, -0.2) is 29.4 Å². The molecule has 0 saturated heterocycles. The van der Waals surface area contributed by atoms with E-state index >= 15 is 0 Å². The maximum absolute atomic E-state index is 5.48. The van der Waals surface area contributed by atoms with Gasteiger partial charge in [-0.25, -0.2) is 4.98 Å². The number of aryl methyl sites for hydroxylation is 1. The van der Waals surface area contributed by atoms with Crippen molar-refractivity contribution in [2.75, 3.05) is 14.2 Å². The van der Waals surface area contributed by atoms with Crippen molar-refractivity contribution in [1.82, 2.24) is 15.2 Å². The van der Waals surface area contributed by atoms with Crippen molar-refractivity contribution in [3.63, 3.8) is 0 Å². The predicted molar refractivity (Wildman–Crippen MR) is 94.7 cm³/mol. The van der Waals surface area contributed by atoms with Gasteiger partial charge in [0.2, 0.25) is 0 Å². The van der Waals surface area contributed by atoms with Gasteiger partial charge in [-0.15, -0.1) is 0 Å². The number of rotatable bonds is 3. The molecule has 0 aliphatic rings. The van der Waals surface area contributed by atoms with Crippen LogP contribution in [0.15, 0.2) is 42.5 Å². The maximum atomic E-state index is 5.48. The minimum absolute atomic E-state index is 0.685. The molecule has 120 valence electrons. The zero-order valence-corrected chi connectivity index (χ0v) is 13.8. The maximum Gasteiger partial charge on any atom is 0.182 e. The number of nitrogens with one attached hydrogen (secondary N) is 1. The molecule has 2 heterocycles. The Bertz CT molecular complexity index is 1040. The number of aromatic amines is 1. The third kappa shape index (κ3) is 2.09. The van der Waals surface area contributed by atoms with Crippen molar-refractivity contribution < 1.29 is 9.47 Å². The van der Waals surface area contributed by atoms with Crippen LogP contribution in [0.4, 0.5) is 0 Å². The standard InChI is InChI=1S/C19H17N3O2/c1-11-17-13-9-15(23-2)16(24-3)10-14(13)18(20-19(17)22-21-11)12-7-5-4-6-8-12/h4-10H,1-3H3,(H,20,21,22). The van der Waals surface area contributed by atoms with Crippen LogP contribution in [0.3, 0.4) is 0 Å². The highest BCUT2D eigenvalue weighted by Gasteiger charge is 2.17. The Hall–Kier alpha value is -3.08. The molecule has 4 rings (SSSR count). The van der Waals surface area contributed by atoms with Crippen LogP contribution in [0.5, 0.6) is 11.5 Å². The number of ether oxygens (including phenoxy) is 2. The summed E-state index contributed by atoms with van der Waals surface area (Å²) in [5.41, 5.74) is 3.60. The Morgan fingerprint density at radius 3 is 2.25 bits per heavy atom.